The van der Waals surface area contributed by atoms with Crippen molar-refractivity contribution in [3.05, 3.63) is 42.1 Å². The number of phenols is 1. The summed E-state index contributed by atoms with van der Waals surface area (Å²) in [5.74, 6) is 0.687. The summed E-state index contributed by atoms with van der Waals surface area (Å²) in [5.41, 5.74) is 6.36. The Kier molecular flexibility index (Phi) is 2.78. The highest BCUT2D eigenvalue weighted by Gasteiger charge is 2.09. The van der Waals surface area contributed by atoms with E-state index >= 15 is 0 Å². The number of nitrogen functional groups attached to an aromatic ring is 1. The molecule has 1 heterocycles. The zero-order chi connectivity index (χ0) is 11.5. The molecular formula is C11H13N3O2. The molecule has 16 heavy (non-hydrogen) atoms. The molecule has 0 fully saturated rings. The van der Waals surface area contributed by atoms with Gasteiger partial charge in [-0.15, -0.1) is 0 Å². The van der Waals surface area contributed by atoms with Crippen LogP contribution in [0.15, 0.2) is 36.5 Å². The molecule has 2 rings (SSSR count). The first-order chi connectivity index (χ1) is 7.66. The molecule has 5 nitrogen and oxygen atoms in total. The lowest BCUT2D eigenvalue weighted by Crippen LogP contribution is -2.12. The van der Waals surface area contributed by atoms with Crippen molar-refractivity contribution >= 4 is 5.82 Å². The fourth-order valence-corrected chi connectivity index (χ4v) is 1.46. The third-order valence-electron chi connectivity index (χ3n) is 2.37. The smallest absolute Gasteiger partial charge is 0.121 e. The molecule has 1 unspecified atom stereocenters. The summed E-state index contributed by atoms with van der Waals surface area (Å²) < 4.78 is 1.53. The molecule has 0 aliphatic rings. The van der Waals surface area contributed by atoms with E-state index in [2.05, 4.69) is 5.10 Å². The number of nitrogens with two attached hydrogens (primary N) is 1. The van der Waals surface area contributed by atoms with Crippen LogP contribution in [0.3, 0.4) is 0 Å². The standard InChI is InChI=1S/C11H13N3O2/c12-11-5-6-13-14(11)7-10(16)8-1-3-9(15)4-2-8/h1-6,10,15-16H,7,12H2. The van der Waals surface area contributed by atoms with Gasteiger partial charge in [0.15, 0.2) is 0 Å². The van der Waals surface area contributed by atoms with E-state index in [-0.39, 0.29) is 5.75 Å². The lowest BCUT2D eigenvalue weighted by Gasteiger charge is -2.12. The van der Waals surface area contributed by atoms with Gasteiger partial charge in [-0.1, -0.05) is 12.1 Å². The molecule has 0 aliphatic carbocycles. The highest BCUT2D eigenvalue weighted by atomic mass is 16.3. The van der Waals surface area contributed by atoms with Crippen molar-refractivity contribution in [2.24, 2.45) is 0 Å². The second-order valence-corrected chi connectivity index (χ2v) is 3.55. The van der Waals surface area contributed by atoms with Crippen molar-refractivity contribution in [2.45, 2.75) is 12.6 Å². The van der Waals surface area contributed by atoms with Gasteiger partial charge in [-0.3, -0.25) is 0 Å². The van der Waals surface area contributed by atoms with Crippen LogP contribution < -0.4 is 5.73 Å². The number of hydrogen-bond acceptors (Lipinski definition) is 4. The maximum absolute atomic E-state index is 9.91. The monoisotopic (exact) mass is 219 g/mol. The van der Waals surface area contributed by atoms with Crippen LogP contribution in [0.4, 0.5) is 5.82 Å². The van der Waals surface area contributed by atoms with Gasteiger partial charge in [0.25, 0.3) is 0 Å². The number of phenolic OH excluding ortho intramolecular Hbond substituents is 1. The normalized spacial score (nSPS) is 12.6. The topological polar surface area (TPSA) is 84.3 Å². The molecule has 1 aromatic heterocycles. The second-order valence-electron chi connectivity index (χ2n) is 3.55. The second kappa shape index (κ2) is 4.24. The first kappa shape index (κ1) is 10.5. The average molecular weight is 219 g/mol. The van der Waals surface area contributed by atoms with Crippen LogP contribution in [-0.4, -0.2) is 20.0 Å². The Hall–Kier alpha value is -2.01. The van der Waals surface area contributed by atoms with Gasteiger partial charge in [-0.25, -0.2) is 4.68 Å². The van der Waals surface area contributed by atoms with Crippen molar-refractivity contribution in [1.82, 2.24) is 9.78 Å². The molecule has 1 aromatic carbocycles. The van der Waals surface area contributed by atoms with Crippen molar-refractivity contribution < 1.29 is 10.2 Å². The highest BCUT2D eigenvalue weighted by molar-refractivity contribution is 5.29. The molecule has 0 saturated heterocycles. The number of aliphatic hydroxyl groups is 1. The minimum atomic E-state index is -0.692. The lowest BCUT2D eigenvalue weighted by molar-refractivity contribution is 0.152. The summed E-state index contributed by atoms with van der Waals surface area (Å²) in [7, 11) is 0. The van der Waals surface area contributed by atoms with E-state index in [1.54, 1.807) is 24.4 Å². The van der Waals surface area contributed by atoms with Crippen LogP contribution in [0.2, 0.25) is 0 Å². The Bertz CT molecular complexity index is 464. The molecule has 84 valence electrons. The molecule has 0 radical (unpaired) electrons. The average Bonchev–Trinajstić information content (AvgIpc) is 2.65. The van der Waals surface area contributed by atoms with Gasteiger partial charge in [0.05, 0.1) is 18.8 Å². The summed E-state index contributed by atoms with van der Waals surface area (Å²) in [6.07, 6.45) is 0.890. The van der Waals surface area contributed by atoms with E-state index in [1.807, 2.05) is 0 Å². The van der Waals surface area contributed by atoms with E-state index in [4.69, 9.17) is 10.8 Å². The predicted molar refractivity (Wildman–Crippen MR) is 59.7 cm³/mol. The minimum Gasteiger partial charge on any atom is -0.508 e. The summed E-state index contributed by atoms with van der Waals surface area (Å²) in [6.45, 7) is 0.295. The van der Waals surface area contributed by atoms with E-state index in [0.717, 1.165) is 0 Å². The Morgan fingerprint density at radius 1 is 1.25 bits per heavy atom. The number of benzene rings is 1. The zero-order valence-corrected chi connectivity index (χ0v) is 8.61. The maximum atomic E-state index is 9.91. The first-order valence-electron chi connectivity index (χ1n) is 4.91. The van der Waals surface area contributed by atoms with Crippen molar-refractivity contribution in [2.75, 3.05) is 5.73 Å². The van der Waals surface area contributed by atoms with Gasteiger partial charge >= 0.3 is 0 Å². The lowest BCUT2D eigenvalue weighted by atomic mass is 10.1. The largest absolute Gasteiger partial charge is 0.508 e. The summed E-state index contributed by atoms with van der Waals surface area (Å²) >= 11 is 0. The highest BCUT2D eigenvalue weighted by Crippen LogP contribution is 2.18. The van der Waals surface area contributed by atoms with Crippen LogP contribution >= 0.6 is 0 Å². The Labute approximate surface area is 92.8 Å². The third-order valence-corrected chi connectivity index (χ3v) is 2.37. The SMILES string of the molecule is Nc1ccnn1CC(O)c1ccc(O)cc1. The molecule has 5 heteroatoms. The van der Waals surface area contributed by atoms with Crippen molar-refractivity contribution in [3.8, 4) is 5.75 Å². The number of anilines is 1. The van der Waals surface area contributed by atoms with Gasteiger partial charge in [0, 0.05) is 0 Å². The fourth-order valence-electron chi connectivity index (χ4n) is 1.46. The number of rotatable bonds is 3. The summed E-state index contributed by atoms with van der Waals surface area (Å²) in [6, 6.07) is 8.07. The predicted octanol–water partition coefficient (Wildman–Crippen LogP) is 0.904. The van der Waals surface area contributed by atoms with Crippen LogP contribution in [0, 0.1) is 0 Å². The maximum Gasteiger partial charge on any atom is 0.121 e. The van der Waals surface area contributed by atoms with Gasteiger partial charge in [0.2, 0.25) is 0 Å². The Morgan fingerprint density at radius 3 is 2.50 bits per heavy atom. The number of aromatic hydroxyl groups is 1. The molecular weight excluding hydrogens is 206 g/mol. The molecule has 0 aliphatic heterocycles. The van der Waals surface area contributed by atoms with Crippen LogP contribution in [-0.2, 0) is 6.54 Å². The van der Waals surface area contributed by atoms with Gasteiger partial charge < -0.3 is 15.9 Å². The quantitative estimate of drug-likeness (QED) is 0.716. The molecule has 4 N–H and O–H groups in total. The van der Waals surface area contributed by atoms with Gasteiger partial charge in [-0.2, -0.15) is 5.10 Å². The Balaban J connectivity index is 2.11. The third kappa shape index (κ3) is 2.14. The van der Waals surface area contributed by atoms with Gasteiger partial charge in [0.1, 0.15) is 11.6 Å². The number of hydrogen-bond donors (Lipinski definition) is 3. The van der Waals surface area contributed by atoms with E-state index in [1.165, 1.54) is 16.8 Å². The molecule has 0 bridgehead atoms. The summed E-state index contributed by atoms with van der Waals surface area (Å²) in [4.78, 5) is 0. The zero-order valence-electron chi connectivity index (χ0n) is 8.61. The molecule has 0 saturated carbocycles. The van der Waals surface area contributed by atoms with Crippen LogP contribution in [0.25, 0.3) is 0 Å². The van der Waals surface area contributed by atoms with E-state index in [9.17, 15) is 5.11 Å². The summed E-state index contributed by atoms with van der Waals surface area (Å²) in [5, 5.41) is 23.0. The fraction of sp³-hybridized carbons (Fsp3) is 0.182. The van der Waals surface area contributed by atoms with E-state index < -0.39 is 6.10 Å². The van der Waals surface area contributed by atoms with Crippen LogP contribution in [0.5, 0.6) is 5.75 Å². The molecule has 0 amide bonds. The molecule has 1 atom stereocenters. The van der Waals surface area contributed by atoms with E-state index in [0.29, 0.717) is 17.9 Å². The first-order valence-corrected chi connectivity index (χ1v) is 4.91. The number of aromatic nitrogens is 2. The molecule has 0 spiro atoms. The van der Waals surface area contributed by atoms with Crippen LogP contribution in [0.1, 0.15) is 11.7 Å². The Morgan fingerprint density at radius 2 is 1.94 bits per heavy atom. The number of nitrogens with zero attached hydrogens (tertiary/aromatic N) is 2. The van der Waals surface area contributed by atoms with Gasteiger partial charge in [-0.05, 0) is 23.8 Å². The number of aliphatic hydroxyl groups excluding tert-OH is 1. The molecule has 2 aromatic rings. The van der Waals surface area contributed by atoms with Crippen molar-refractivity contribution in [1.29, 1.82) is 0 Å². The minimum absolute atomic E-state index is 0.176. The van der Waals surface area contributed by atoms with Crippen molar-refractivity contribution in [3.63, 3.8) is 0 Å².